The molecule has 4 nitrogen and oxygen atoms in total. The molecule has 0 aromatic heterocycles. The zero-order valence-electron chi connectivity index (χ0n) is 10.6. The number of Topliss-reactive ketones (excluding diaryl/α,β-unsaturated/α-hetero) is 1. The van der Waals surface area contributed by atoms with E-state index in [1.807, 2.05) is 0 Å². The number of nitrogens with zero attached hydrogens (tertiary/aromatic N) is 1. The van der Waals surface area contributed by atoms with Crippen molar-refractivity contribution >= 4 is 23.1 Å². The minimum Gasteiger partial charge on any atom is -0.299 e. The summed E-state index contributed by atoms with van der Waals surface area (Å²) in [7, 11) is 0. The summed E-state index contributed by atoms with van der Waals surface area (Å²) in [6.07, 6.45) is 4.94. The highest BCUT2D eigenvalue weighted by Crippen LogP contribution is 2.28. The van der Waals surface area contributed by atoms with Crippen LogP contribution in [0.3, 0.4) is 0 Å². The molecule has 0 N–H and O–H groups in total. The van der Waals surface area contributed by atoms with Gasteiger partial charge in [0.1, 0.15) is 5.78 Å². The van der Waals surface area contributed by atoms with Crippen LogP contribution in [0.4, 0.5) is 5.69 Å². The number of rotatable bonds is 5. The van der Waals surface area contributed by atoms with Gasteiger partial charge in [-0.1, -0.05) is 24.4 Å². The molecule has 0 radical (unpaired) electrons. The maximum absolute atomic E-state index is 12.0. The van der Waals surface area contributed by atoms with Gasteiger partial charge in [0.25, 0.3) is 5.69 Å². The number of halogens is 1. The number of carbonyl (C=O) groups is 1. The molecule has 0 amide bonds. The van der Waals surface area contributed by atoms with Gasteiger partial charge in [0.05, 0.1) is 4.92 Å². The Morgan fingerprint density at radius 1 is 1.37 bits per heavy atom. The van der Waals surface area contributed by atoms with Gasteiger partial charge in [-0.05, 0) is 31.4 Å². The number of nitro benzene ring substituents is 1. The van der Waals surface area contributed by atoms with Crippen LogP contribution in [0.2, 0.25) is 5.02 Å². The summed E-state index contributed by atoms with van der Waals surface area (Å²) in [5.74, 6) is 0.394. The lowest BCUT2D eigenvalue weighted by Crippen LogP contribution is -2.11. The first-order chi connectivity index (χ1) is 9.08. The maximum atomic E-state index is 12.0. The third-order valence-corrected chi connectivity index (χ3v) is 3.92. The van der Waals surface area contributed by atoms with Crippen molar-refractivity contribution in [2.45, 2.75) is 38.5 Å². The van der Waals surface area contributed by atoms with Gasteiger partial charge in [0, 0.05) is 29.0 Å². The predicted octanol–water partition coefficient (Wildman–Crippen LogP) is 3.94. The van der Waals surface area contributed by atoms with Crippen LogP contribution in [-0.4, -0.2) is 10.7 Å². The quantitative estimate of drug-likeness (QED) is 0.607. The van der Waals surface area contributed by atoms with Crippen LogP contribution in [-0.2, 0) is 11.2 Å². The van der Waals surface area contributed by atoms with E-state index >= 15 is 0 Å². The zero-order valence-corrected chi connectivity index (χ0v) is 11.4. The van der Waals surface area contributed by atoms with Crippen LogP contribution in [0.15, 0.2) is 18.2 Å². The summed E-state index contributed by atoms with van der Waals surface area (Å²) in [5.41, 5.74) is 0.590. The Hall–Kier alpha value is -1.42. The molecule has 0 spiro atoms. The van der Waals surface area contributed by atoms with Crippen molar-refractivity contribution in [3.05, 3.63) is 38.9 Å². The smallest absolute Gasteiger partial charge is 0.272 e. The Morgan fingerprint density at radius 2 is 2.05 bits per heavy atom. The Labute approximate surface area is 116 Å². The first-order valence-electron chi connectivity index (χ1n) is 6.53. The van der Waals surface area contributed by atoms with Crippen LogP contribution in [0.5, 0.6) is 0 Å². The summed E-state index contributed by atoms with van der Waals surface area (Å²) < 4.78 is 0. The molecule has 1 aromatic carbocycles. The molecule has 102 valence electrons. The summed E-state index contributed by atoms with van der Waals surface area (Å²) in [6, 6.07) is 4.49. The molecule has 2 rings (SSSR count). The third kappa shape index (κ3) is 3.53. The van der Waals surface area contributed by atoms with Crippen LogP contribution in [0, 0.1) is 16.0 Å². The second-order valence-corrected chi connectivity index (χ2v) is 5.41. The molecule has 1 aliphatic rings. The van der Waals surface area contributed by atoms with Crippen LogP contribution in [0.25, 0.3) is 0 Å². The number of aryl methyl sites for hydroxylation is 1. The number of ketones is 1. The van der Waals surface area contributed by atoms with E-state index in [0.29, 0.717) is 23.4 Å². The highest BCUT2D eigenvalue weighted by Gasteiger charge is 2.23. The average molecular weight is 282 g/mol. The molecule has 0 saturated heterocycles. The number of benzene rings is 1. The highest BCUT2D eigenvalue weighted by atomic mass is 35.5. The van der Waals surface area contributed by atoms with Crippen molar-refractivity contribution in [1.82, 2.24) is 0 Å². The Morgan fingerprint density at radius 3 is 2.68 bits per heavy atom. The van der Waals surface area contributed by atoms with Gasteiger partial charge in [0.2, 0.25) is 0 Å². The van der Waals surface area contributed by atoms with Crippen molar-refractivity contribution in [2.75, 3.05) is 0 Å². The molecule has 1 saturated carbocycles. The molecule has 5 heteroatoms. The van der Waals surface area contributed by atoms with Gasteiger partial charge < -0.3 is 0 Å². The van der Waals surface area contributed by atoms with Crippen LogP contribution >= 0.6 is 11.6 Å². The molecule has 0 aliphatic heterocycles. The van der Waals surface area contributed by atoms with Gasteiger partial charge >= 0.3 is 0 Å². The molecule has 0 atom stereocenters. The maximum Gasteiger partial charge on any atom is 0.272 e. The molecule has 1 aromatic rings. The predicted molar refractivity (Wildman–Crippen MR) is 73.4 cm³/mol. The standard InChI is InChI=1S/C14H16ClNO3/c15-12-6-7-13(16(18)19)11(9-12)5-8-14(17)10-3-1-2-4-10/h6-7,9-10H,1-5,8H2. The second kappa shape index (κ2) is 6.15. The number of hydrogen-bond donors (Lipinski definition) is 0. The molecule has 0 unspecified atom stereocenters. The Balaban J connectivity index is 2.04. The highest BCUT2D eigenvalue weighted by molar-refractivity contribution is 6.30. The van der Waals surface area contributed by atoms with E-state index in [4.69, 9.17) is 11.6 Å². The molecule has 1 aliphatic carbocycles. The number of carbonyl (C=O) groups excluding carboxylic acids is 1. The van der Waals surface area contributed by atoms with Crippen LogP contribution < -0.4 is 0 Å². The fourth-order valence-electron chi connectivity index (χ4n) is 2.64. The average Bonchev–Trinajstić information content (AvgIpc) is 2.89. The molecule has 0 bridgehead atoms. The third-order valence-electron chi connectivity index (χ3n) is 3.69. The second-order valence-electron chi connectivity index (χ2n) is 4.98. The van der Waals surface area contributed by atoms with Gasteiger partial charge in [-0.15, -0.1) is 0 Å². The lowest BCUT2D eigenvalue weighted by Gasteiger charge is -2.08. The Bertz CT molecular complexity index is 495. The molecule has 19 heavy (non-hydrogen) atoms. The van der Waals surface area contributed by atoms with E-state index in [1.165, 1.54) is 12.1 Å². The van der Waals surface area contributed by atoms with E-state index in [0.717, 1.165) is 25.7 Å². The number of hydrogen-bond acceptors (Lipinski definition) is 3. The lowest BCUT2D eigenvalue weighted by atomic mass is 9.96. The topological polar surface area (TPSA) is 60.2 Å². The van der Waals surface area contributed by atoms with E-state index in [2.05, 4.69) is 0 Å². The van der Waals surface area contributed by atoms with Crippen molar-refractivity contribution < 1.29 is 9.72 Å². The summed E-state index contributed by atoms with van der Waals surface area (Å²) in [6.45, 7) is 0. The van der Waals surface area contributed by atoms with Gasteiger partial charge in [0.15, 0.2) is 0 Å². The van der Waals surface area contributed by atoms with Gasteiger partial charge in [-0.2, -0.15) is 0 Å². The normalized spacial score (nSPS) is 15.6. The molecule has 0 heterocycles. The van der Waals surface area contributed by atoms with Crippen molar-refractivity contribution in [1.29, 1.82) is 0 Å². The van der Waals surface area contributed by atoms with E-state index in [9.17, 15) is 14.9 Å². The van der Waals surface area contributed by atoms with Crippen molar-refractivity contribution in [3.8, 4) is 0 Å². The lowest BCUT2D eigenvalue weighted by molar-refractivity contribution is -0.385. The van der Waals surface area contributed by atoms with E-state index in [1.54, 1.807) is 6.07 Å². The zero-order chi connectivity index (χ0) is 13.8. The van der Waals surface area contributed by atoms with Crippen molar-refractivity contribution in [3.63, 3.8) is 0 Å². The SMILES string of the molecule is O=C(CCc1cc(Cl)ccc1[N+](=O)[O-])C1CCCC1. The first-order valence-corrected chi connectivity index (χ1v) is 6.91. The fourth-order valence-corrected chi connectivity index (χ4v) is 2.84. The van der Waals surface area contributed by atoms with Gasteiger partial charge in [-0.3, -0.25) is 14.9 Å². The van der Waals surface area contributed by atoms with E-state index in [-0.39, 0.29) is 17.4 Å². The largest absolute Gasteiger partial charge is 0.299 e. The first kappa shape index (κ1) is 14.0. The van der Waals surface area contributed by atoms with Gasteiger partial charge in [-0.25, -0.2) is 0 Å². The molecular weight excluding hydrogens is 266 g/mol. The van der Waals surface area contributed by atoms with Crippen molar-refractivity contribution in [2.24, 2.45) is 5.92 Å². The molecular formula is C14H16ClNO3. The van der Waals surface area contributed by atoms with E-state index < -0.39 is 4.92 Å². The Kier molecular flexibility index (Phi) is 4.53. The summed E-state index contributed by atoms with van der Waals surface area (Å²) in [4.78, 5) is 22.5. The fraction of sp³-hybridized carbons (Fsp3) is 0.500. The molecule has 1 fully saturated rings. The minimum atomic E-state index is -0.425. The monoisotopic (exact) mass is 281 g/mol. The van der Waals surface area contributed by atoms with Crippen LogP contribution in [0.1, 0.15) is 37.7 Å². The summed E-state index contributed by atoms with van der Waals surface area (Å²) in [5, 5.41) is 11.4. The number of nitro groups is 1. The minimum absolute atomic E-state index is 0.0450. The summed E-state index contributed by atoms with van der Waals surface area (Å²) >= 11 is 5.86.